The highest BCUT2D eigenvalue weighted by molar-refractivity contribution is 5.82. The quantitative estimate of drug-likeness (QED) is 0.570. The average molecular weight is 349 g/mol. The number of esters is 2. The molecule has 0 aromatic heterocycles. The first kappa shape index (κ1) is 18.8. The zero-order valence-electron chi connectivity index (χ0n) is 14.4. The van der Waals surface area contributed by atoms with Crippen LogP contribution in [0.3, 0.4) is 0 Å². The number of rotatable bonds is 8. The molecule has 0 aliphatic heterocycles. The van der Waals surface area contributed by atoms with Crippen molar-refractivity contribution in [2.45, 2.75) is 32.4 Å². The summed E-state index contributed by atoms with van der Waals surface area (Å²) in [6, 6.07) is 8.37. The summed E-state index contributed by atoms with van der Waals surface area (Å²) in [5.41, 5.74) is 0.844. The first-order chi connectivity index (χ1) is 12.0. The molecule has 1 saturated carbocycles. The summed E-state index contributed by atoms with van der Waals surface area (Å²) in [5.74, 6) is -1.04. The molecular weight excluding hydrogens is 326 g/mol. The van der Waals surface area contributed by atoms with E-state index in [-0.39, 0.29) is 24.4 Å². The van der Waals surface area contributed by atoms with Crippen LogP contribution in [-0.2, 0) is 30.4 Å². The molecule has 0 bridgehead atoms. The molecule has 0 heterocycles. The standard InChI is InChI=1S/C18H23NO6/c1-3-24-16(20)14-9-13(14)10-15(17(21)23-2)19-18(22)25-11-12-7-5-4-6-8-12/h4-8,13-15H,3,9-11H2,1-2H3,(H,19,22)/t13-,14-,15+/m0/s1. The van der Waals surface area contributed by atoms with Crippen LogP contribution in [0.2, 0.25) is 0 Å². The van der Waals surface area contributed by atoms with Crippen molar-refractivity contribution in [2.75, 3.05) is 13.7 Å². The summed E-state index contributed by atoms with van der Waals surface area (Å²) < 4.78 is 14.8. The number of methoxy groups -OCH3 is 1. The van der Waals surface area contributed by atoms with Crippen LogP contribution >= 0.6 is 0 Å². The Morgan fingerprint density at radius 1 is 1.20 bits per heavy atom. The lowest BCUT2D eigenvalue weighted by atomic mass is 10.1. The second kappa shape index (κ2) is 9.05. The van der Waals surface area contributed by atoms with Crippen molar-refractivity contribution in [3.63, 3.8) is 0 Å². The molecule has 1 aromatic carbocycles. The Morgan fingerprint density at radius 3 is 2.56 bits per heavy atom. The van der Waals surface area contributed by atoms with Crippen LogP contribution in [-0.4, -0.2) is 37.8 Å². The zero-order valence-corrected chi connectivity index (χ0v) is 14.4. The molecule has 1 aromatic rings. The molecule has 0 spiro atoms. The molecule has 136 valence electrons. The highest BCUT2D eigenvalue weighted by Crippen LogP contribution is 2.43. The van der Waals surface area contributed by atoms with Crippen molar-refractivity contribution < 1.29 is 28.6 Å². The molecule has 0 saturated heterocycles. The molecule has 3 atom stereocenters. The smallest absolute Gasteiger partial charge is 0.408 e. The number of amides is 1. The SMILES string of the molecule is CCOC(=O)[C@H]1C[C@H]1C[C@@H](NC(=O)OCc1ccccc1)C(=O)OC. The summed E-state index contributed by atoms with van der Waals surface area (Å²) in [4.78, 5) is 35.5. The van der Waals surface area contributed by atoms with Gasteiger partial charge in [0.1, 0.15) is 12.6 Å². The van der Waals surface area contributed by atoms with Gasteiger partial charge in [0.25, 0.3) is 0 Å². The van der Waals surface area contributed by atoms with Crippen molar-refractivity contribution in [1.29, 1.82) is 0 Å². The van der Waals surface area contributed by atoms with Crippen LogP contribution < -0.4 is 5.32 Å². The first-order valence-corrected chi connectivity index (χ1v) is 8.26. The van der Waals surface area contributed by atoms with E-state index in [0.29, 0.717) is 19.4 Å². The molecule has 1 fully saturated rings. The fraction of sp³-hybridized carbons (Fsp3) is 0.500. The van der Waals surface area contributed by atoms with E-state index in [1.165, 1.54) is 7.11 Å². The Kier molecular flexibility index (Phi) is 6.80. The minimum Gasteiger partial charge on any atom is -0.467 e. The Bertz CT molecular complexity index is 603. The van der Waals surface area contributed by atoms with Crippen molar-refractivity contribution in [3.8, 4) is 0 Å². The van der Waals surface area contributed by atoms with Gasteiger partial charge < -0.3 is 19.5 Å². The van der Waals surface area contributed by atoms with Crippen LogP contribution in [0, 0.1) is 11.8 Å². The van der Waals surface area contributed by atoms with E-state index in [1.54, 1.807) is 6.92 Å². The topological polar surface area (TPSA) is 90.9 Å². The molecule has 0 radical (unpaired) electrons. The first-order valence-electron chi connectivity index (χ1n) is 8.26. The van der Waals surface area contributed by atoms with Crippen LogP contribution in [0.15, 0.2) is 30.3 Å². The lowest BCUT2D eigenvalue weighted by Gasteiger charge is -2.16. The average Bonchev–Trinajstić information content (AvgIpc) is 3.39. The zero-order chi connectivity index (χ0) is 18.2. The maximum atomic E-state index is 11.9. The van der Waals surface area contributed by atoms with E-state index >= 15 is 0 Å². The predicted molar refractivity (Wildman–Crippen MR) is 88.4 cm³/mol. The second-order valence-corrected chi connectivity index (χ2v) is 5.87. The highest BCUT2D eigenvalue weighted by atomic mass is 16.6. The lowest BCUT2D eigenvalue weighted by Crippen LogP contribution is -2.42. The molecule has 2 rings (SSSR count). The molecule has 1 aliphatic rings. The van der Waals surface area contributed by atoms with Gasteiger partial charge in [0.15, 0.2) is 0 Å². The maximum Gasteiger partial charge on any atom is 0.408 e. The third kappa shape index (κ3) is 5.77. The van der Waals surface area contributed by atoms with E-state index in [0.717, 1.165) is 5.56 Å². The Morgan fingerprint density at radius 2 is 1.92 bits per heavy atom. The minimum absolute atomic E-state index is 0.00225. The normalized spacial score (nSPS) is 19.4. The van der Waals surface area contributed by atoms with Gasteiger partial charge in [-0.2, -0.15) is 0 Å². The van der Waals surface area contributed by atoms with Crippen molar-refractivity contribution in [3.05, 3.63) is 35.9 Å². The largest absolute Gasteiger partial charge is 0.467 e. The molecule has 1 N–H and O–H groups in total. The van der Waals surface area contributed by atoms with E-state index in [4.69, 9.17) is 14.2 Å². The molecule has 7 nitrogen and oxygen atoms in total. The van der Waals surface area contributed by atoms with Crippen LogP contribution in [0.4, 0.5) is 4.79 Å². The van der Waals surface area contributed by atoms with Crippen molar-refractivity contribution in [1.82, 2.24) is 5.32 Å². The number of alkyl carbamates (subject to hydrolysis) is 1. The summed E-state index contributed by atoms with van der Waals surface area (Å²) in [6.07, 6.45) is 0.261. The maximum absolute atomic E-state index is 11.9. The van der Waals surface area contributed by atoms with Crippen LogP contribution in [0.25, 0.3) is 0 Å². The van der Waals surface area contributed by atoms with Gasteiger partial charge in [-0.05, 0) is 31.2 Å². The van der Waals surface area contributed by atoms with Gasteiger partial charge in [0.2, 0.25) is 0 Å². The van der Waals surface area contributed by atoms with E-state index < -0.39 is 18.1 Å². The highest BCUT2D eigenvalue weighted by Gasteiger charge is 2.46. The fourth-order valence-corrected chi connectivity index (χ4v) is 2.61. The number of nitrogens with one attached hydrogen (secondary N) is 1. The van der Waals surface area contributed by atoms with Crippen molar-refractivity contribution in [2.24, 2.45) is 11.8 Å². The molecule has 0 unspecified atom stereocenters. The molecule has 7 heteroatoms. The molecule has 1 aliphatic carbocycles. The number of ether oxygens (including phenoxy) is 3. The second-order valence-electron chi connectivity index (χ2n) is 5.87. The molecular formula is C18H23NO6. The number of carbonyl (C=O) groups is 3. The predicted octanol–water partition coefficient (Wildman–Crippen LogP) is 2.04. The van der Waals surface area contributed by atoms with E-state index in [2.05, 4.69) is 5.32 Å². The van der Waals surface area contributed by atoms with Gasteiger partial charge in [-0.25, -0.2) is 9.59 Å². The minimum atomic E-state index is -0.849. The van der Waals surface area contributed by atoms with Gasteiger partial charge in [-0.3, -0.25) is 4.79 Å². The number of hydrogen-bond donors (Lipinski definition) is 1. The van der Waals surface area contributed by atoms with E-state index in [1.807, 2.05) is 30.3 Å². The van der Waals surface area contributed by atoms with Crippen molar-refractivity contribution >= 4 is 18.0 Å². The fourth-order valence-electron chi connectivity index (χ4n) is 2.61. The summed E-state index contributed by atoms with van der Waals surface area (Å²) in [6.45, 7) is 2.18. The number of benzene rings is 1. The lowest BCUT2D eigenvalue weighted by molar-refractivity contribution is -0.146. The third-order valence-electron chi connectivity index (χ3n) is 4.04. The van der Waals surface area contributed by atoms with Crippen LogP contribution in [0.5, 0.6) is 0 Å². The van der Waals surface area contributed by atoms with Gasteiger partial charge in [-0.15, -0.1) is 0 Å². The summed E-state index contributed by atoms with van der Waals surface area (Å²) in [5, 5.41) is 2.51. The Hall–Kier alpha value is -2.57. The van der Waals surface area contributed by atoms with Gasteiger partial charge in [0, 0.05) is 0 Å². The van der Waals surface area contributed by atoms with Gasteiger partial charge in [-0.1, -0.05) is 30.3 Å². The summed E-state index contributed by atoms with van der Waals surface area (Å²) >= 11 is 0. The monoisotopic (exact) mass is 349 g/mol. The third-order valence-corrected chi connectivity index (χ3v) is 4.04. The Labute approximate surface area is 146 Å². The molecule has 1 amide bonds. The van der Waals surface area contributed by atoms with E-state index in [9.17, 15) is 14.4 Å². The summed E-state index contributed by atoms with van der Waals surface area (Å²) in [7, 11) is 1.25. The Balaban J connectivity index is 1.82. The van der Waals surface area contributed by atoms with Gasteiger partial charge in [0.05, 0.1) is 19.6 Å². The van der Waals surface area contributed by atoms with Crippen LogP contribution in [0.1, 0.15) is 25.3 Å². The number of carbonyl (C=O) groups excluding carboxylic acids is 3. The van der Waals surface area contributed by atoms with Gasteiger partial charge >= 0.3 is 18.0 Å². The molecule has 25 heavy (non-hydrogen) atoms. The number of hydrogen-bond acceptors (Lipinski definition) is 6.